The molecule has 0 saturated carbocycles. The highest BCUT2D eigenvalue weighted by atomic mass is 79.9. The second-order valence-electron chi connectivity index (χ2n) is 4.02. The molecule has 4 nitrogen and oxygen atoms in total. The lowest BCUT2D eigenvalue weighted by molar-refractivity contribution is 0.704. The van der Waals surface area contributed by atoms with E-state index in [9.17, 15) is 4.79 Å². The summed E-state index contributed by atoms with van der Waals surface area (Å²) in [7, 11) is 1.80. The highest BCUT2D eigenvalue weighted by Crippen LogP contribution is 2.15. The fraction of sp³-hybridized carbons (Fsp3) is 0.231. The van der Waals surface area contributed by atoms with Gasteiger partial charge in [-0.3, -0.25) is 4.79 Å². The van der Waals surface area contributed by atoms with Crippen molar-refractivity contribution in [1.82, 2.24) is 15.1 Å². The fourth-order valence-corrected chi connectivity index (χ4v) is 2.13. The Morgan fingerprint density at radius 3 is 2.83 bits per heavy atom. The Hall–Kier alpha value is -1.46. The van der Waals surface area contributed by atoms with E-state index in [1.807, 2.05) is 31.2 Å². The van der Waals surface area contributed by atoms with Crippen LogP contribution in [-0.4, -0.2) is 16.8 Å². The van der Waals surface area contributed by atoms with Crippen molar-refractivity contribution in [3.05, 3.63) is 56.4 Å². The number of aromatic nitrogens is 2. The van der Waals surface area contributed by atoms with E-state index in [1.165, 1.54) is 0 Å². The molecule has 0 aliphatic carbocycles. The molecule has 0 amide bonds. The second kappa shape index (κ2) is 5.46. The molecule has 0 atom stereocenters. The molecule has 0 spiro atoms. The molecule has 5 heteroatoms. The minimum Gasteiger partial charge on any atom is -0.314 e. The summed E-state index contributed by atoms with van der Waals surface area (Å²) in [5.74, 6) is 0. The van der Waals surface area contributed by atoms with Crippen molar-refractivity contribution in [2.75, 3.05) is 7.05 Å². The van der Waals surface area contributed by atoms with Gasteiger partial charge in [-0.1, -0.05) is 22.0 Å². The fourth-order valence-electron chi connectivity index (χ4n) is 1.74. The first-order valence-corrected chi connectivity index (χ1v) is 6.41. The monoisotopic (exact) mass is 307 g/mol. The molecular weight excluding hydrogens is 294 g/mol. The summed E-state index contributed by atoms with van der Waals surface area (Å²) >= 11 is 3.43. The van der Waals surface area contributed by atoms with E-state index in [1.54, 1.807) is 17.8 Å². The Morgan fingerprint density at radius 2 is 2.17 bits per heavy atom. The van der Waals surface area contributed by atoms with E-state index in [0.29, 0.717) is 12.2 Å². The van der Waals surface area contributed by atoms with Crippen molar-refractivity contribution in [3.8, 4) is 5.69 Å². The van der Waals surface area contributed by atoms with Crippen LogP contribution in [0.3, 0.4) is 0 Å². The maximum atomic E-state index is 11.8. The van der Waals surface area contributed by atoms with Gasteiger partial charge in [0.25, 0.3) is 0 Å². The largest absolute Gasteiger partial charge is 0.314 e. The SMILES string of the molecule is CNCc1nn(-c2cccc(Br)c2)c(C)cc1=O. The summed E-state index contributed by atoms with van der Waals surface area (Å²) in [6, 6.07) is 9.43. The summed E-state index contributed by atoms with van der Waals surface area (Å²) in [4.78, 5) is 11.8. The molecule has 2 aromatic rings. The van der Waals surface area contributed by atoms with Crippen LogP contribution in [0.2, 0.25) is 0 Å². The Labute approximate surface area is 114 Å². The van der Waals surface area contributed by atoms with Crippen LogP contribution in [0.25, 0.3) is 5.69 Å². The van der Waals surface area contributed by atoms with Crippen LogP contribution in [-0.2, 0) is 6.54 Å². The maximum Gasteiger partial charge on any atom is 0.204 e. The van der Waals surface area contributed by atoms with Gasteiger partial charge in [0.05, 0.1) is 5.69 Å². The Morgan fingerprint density at radius 1 is 1.39 bits per heavy atom. The molecule has 2 rings (SSSR count). The number of benzene rings is 1. The standard InChI is InChI=1S/C13H14BrN3O/c1-9-6-13(18)12(8-15-2)16-17(9)11-5-3-4-10(14)7-11/h3-7,15H,8H2,1-2H3. The minimum absolute atomic E-state index is 0.0342. The van der Waals surface area contributed by atoms with Gasteiger partial charge < -0.3 is 5.32 Å². The molecule has 0 aliphatic rings. The third-order valence-electron chi connectivity index (χ3n) is 2.58. The zero-order valence-corrected chi connectivity index (χ0v) is 11.9. The predicted octanol–water partition coefficient (Wildman–Crippen LogP) is 2.02. The first-order chi connectivity index (χ1) is 8.61. The molecule has 94 valence electrons. The number of aryl methyl sites for hydroxylation is 1. The van der Waals surface area contributed by atoms with E-state index in [2.05, 4.69) is 26.3 Å². The lowest BCUT2D eigenvalue weighted by atomic mass is 10.3. The zero-order valence-electron chi connectivity index (χ0n) is 10.3. The van der Waals surface area contributed by atoms with Crippen LogP contribution < -0.4 is 10.7 Å². The molecule has 1 N–H and O–H groups in total. The van der Waals surface area contributed by atoms with E-state index in [-0.39, 0.29) is 5.43 Å². The van der Waals surface area contributed by atoms with Gasteiger partial charge in [-0.15, -0.1) is 0 Å². The van der Waals surface area contributed by atoms with Gasteiger partial charge >= 0.3 is 0 Å². The van der Waals surface area contributed by atoms with E-state index in [4.69, 9.17) is 0 Å². The third-order valence-corrected chi connectivity index (χ3v) is 3.07. The number of hydrogen-bond donors (Lipinski definition) is 1. The Balaban J connectivity index is 2.57. The molecule has 1 aromatic carbocycles. The number of hydrogen-bond acceptors (Lipinski definition) is 3. The number of halogens is 1. The van der Waals surface area contributed by atoms with Gasteiger partial charge in [-0.2, -0.15) is 5.10 Å². The second-order valence-corrected chi connectivity index (χ2v) is 4.93. The molecule has 18 heavy (non-hydrogen) atoms. The van der Waals surface area contributed by atoms with Gasteiger partial charge in [0, 0.05) is 22.8 Å². The van der Waals surface area contributed by atoms with Crippen molar-refractivity contribution in [2.24, 2.45) is 0 Å². The molecule has 0 saturated heterocycles. The van der Waals surface area contributed by atoms with Crippen LogP contribution in [0.15, 0.2) is 39.6 Å². The predicted molar refractivity (Wildman–Crippen MR) is 75.0 cm³/mol. The lowest BCUT2D eigenvalue weighted by Gasteiger charge is -2.11. The molecule has 0 fully saturated rings. The maximum absolute atomic E-state index is 11.8. The molecule has 1 heterocycles. The van der Waals surface area contributed by atoms with Gasteiger partial charge in [0.2, 0.25) is 5.43 Å². The molecule has 1 aromatic heterocycles. The van der Waals surface area contributed by atoms with Gasteiger partial charge in [-0.05, 0) is 32.2 Å². The minimum atomic E-state index is -0.0342. The zero-order chi connectivity index (χ0) is 13.1. The van der Waals surface area contributed by atoms with E-state index in [0.717, 1.165) is 15.9 Å². The highest BCUT2D eigenvalue weighted by molar-refractivity contribution is 9.10. The van der Waals surface area contributed by atoms with Crippen molar-refractivity contribution in [1.29, 1.82) is 0 Å². The van der Waals surface area contributed by atoms with Crippen LogP contribution in [0.1, 0.15) is 11.4 Å². The van der Waals surface area contributed by atoms with Crippen molar-refractivity contribution in [3.63, 3.8) is 0 Å². The van der Waals surface area contributed by atoms with Crippen molar-refractivity contribution in [2.45, 2.75) is 13.5 Å². The highest BCUT2D eigenvalue weighted by Gasteiger charge is 2.07. The van der Waals surface area contributed by atoms with Crippen LogP contribution >= 0.6 is 15.9 Å². The third kappa shape index (κ3) is 2.68. The summed E-state index contributed by atoms with van der Waals surface area (Å²) in [5, 5.41) is 7.34. The molecule has 0 bridgehead atoms. The molecular formula is C13H14BrN3O. The molecule has 0 unspecified atom stereocenters. The van der Waals surface area contributed by atoms with E-state index < -0.39 is 0 Å². The number of nitrogens with one attached hydrogen (secondary N) is 1. The summed E-state index contributed by atoms with van der Waals surface area (Å²) in [6.07, 6.45) is 0. The normalized spacial score (nSPS) is 10.6. The van der Waals surface area contributed by atoms with Crippen molar-refractivity contribution < 1.29 is 0 Å². The molecule has 0 radical (unpaired) electrons. The first kappa shape index (κ1) is 13.0. The average Bonchev–Trinajstić information content (AvgIpc) is 2.33. The van der Waals surface area contributed by atoms with Crippen LogP contribution in [0, 0.1) is 6.92 Å². The summed E-state index contributed by atoms with van der Waals surface area (Å²) in [5.41, 5.74) is 2.23. The molecule has 0 aliphatic heterocycles. The first-order valence-electron chi connectivity index (χ1n) is 5.62. The summed E-state index contributed by atoms with van der Waals surface area (Å²) < 4.78 is 2.76. The Bertz CT molecular complexity index is 622. The number of rotatable bonds is 3. The lowest BCUT2D eigenvalue weighted by Crippen LogP contribution is -2.22. The number of nitrogens with zero attached hydrogens (tertiary/aromatic N) is 2. The van der Waals surface area contributed by atoms with Crippen LogP contribution in [0.4, 0.5) is 0 Å². The topological polar surface area (TPSA) is 46.9 Å². The smallest absolute Gasteiger partial charge is 0.204 e. The van der Waals surface area contributed by atoms with Gasteiger partial charge in [-0.25, -0.2) is 4.68 Å². The summed E-state index contributed by atoms with van der Waals surface area (Å²) in [6.45, 7) is 2.34. The van der Waals surface area contributed by atoms with Gasteiger partial charge in [0.1, 0.15) is 5.69 Å². The van der Waals surface area contributed by atoms with E-state index >= 15 is 0 Å². The Kier molecular flexibility index (Phi) is 3.93. The van der Waals surface area contributed by atoms with Gasteiger partial charge in [0.15, 0.2) is 0 Å². The van der Waals surface area contributed by atoms with Crippen molar-refractivity contribution >= 4 is 15.9 Å². The van der Waals surface area contributed by atoms with Crippen LogP contribution in [0.5, 0.6) is 0 Å². The quantitative estimate of drug-likeness (QED) is 0.944. The average molecular weight is 308 g/mol.